The Bertz CT molecular complexity index is 1310. The van der Waals surface area contributed by atoms with Crippen molar-refractivity contribution in [3.05, 3.63) is 105 Å². The highest BCUT2D eigenvalue weighted by Crippen LogP contribution is 2.33. The summed E-state index contributed by atoms with van der Waals surface area (Å²) in [6, 6.07) is 13.6. The SMILES string of the molecule is Cc1ccc(C(=O)N(Cc2ncn[nH]2)Cc2ccc(F)cc2F)cc1-c1cc(Cl)ccc1Cl. The van der Waals surface area contributed by atoms with Crippen LogP contribution in [0.15, 0.2) is 60.9 Å². The van der Waals surface area contributed by atoms with Crippen molar-refractivity contribution >= 4 is 29.1 Å². The van der Waals surface area contributed by atoms with E-state index in [2.05, 4.69) is 15.2 Å². The zero-order chi connectivity index (χ0) is 23.5. The van der Waals surface area contributed by atoms with Crippen LogP contribution in [0.25, 0.3) is 11.1 Å². The third-order valence-corrected chi connectivity index (χ3v) is 5.74. The molecule has 1 amide bonds. The molecule has 0 aliphatic rings. The standard InChI is InChI=1S/C24H18Cl2F2N4O/c1-14-2-3-15(8-19(14)20-9-17(25)5-7-21(20)26)24(33)32(12-23-29-13-30-31-23)11-16-4-6-18(27)10-22(16)28/h2-10,13H,11-12H2,1H3,(H,29,30,31). The molecule has 4 rings (SSSR count). The van der Waals surface area contributed by atoms with Crippen LogP contribution in [0.5, 0.6) is 0 Å². The molecule has 0 aliphatic heterocycles. The van der Waals surface area contributed by atoms with E-state index in [-0.39, 0.29) is 24.6 Å². The van der Waals surface area contributed by atoms with Crippen molar-refractivity contribution in [2.45, 2.75) is 20.0 Å². The fraction of sp³-hybridized carbons (Fsp3) is 0.125. The van der Waals surface area contributed by atoms with Gasteiger partial charge in [-0.15, -0.1) is 0 Å². The van der Waals surface area contributed by atoms with E-state index in [1.165, 1.54) is 17.3 Å². The van der Waals surface area contributed by atoms with E-state index >= 15 is 0 Å². The zero-order valence-corrected chi connectivity index (χ0v) is 19.0. The number of rotatable bonds is 6. The van der Waals surface area contributed by atoms with Crippen molar-refractivity contribution in [3.8, 4) is 11.1 Å². The number of hydrogen-bond acceptors (Lipinski definition) is 3. The molecule has 5 nitrogen and oxygen atoms in total. The van der Waals surface area contributed by atoms with Gasteiger partial charge in [0.1, 0.15) is 23.8 Å². The second-order valence-corrected chi connectivity index (χ2v) is 8.33. The number of amides is 1. The maximum absolute atomic E-state index is 14.3. The smallest absolute Gasteiger partial charge is 0.254 e. The number of benzene rings is 3. The van der Waals surface area contributed by atoms with E-state index in [9.17, 15) is 13.6 Å². The van der Waals surface area contributed by atoms with E-state index in [0.29, 0.717) is 27.0 Å². The molecule has 1 N–H and O–H groups in total. The average molecular weight is 487 g/mol. The highest BCUT2D eigenvalue weighted by atomic mass is 35.5. The molecule has 33 heavy (non-hydrogen) atoms. The molecule has 0 aliphatic carbocycles. The first-order chi connectivity index (χ1) is 15.8. The number of nitrogens with one attached hydrogen (secondary N) is 1. The number of carbonyl (C=O) groups is 1. The van der Waals surface area contributed by atoms with E-state index in [1.54, 1.807) is 30.3 Å². The average Bonchev–Trinajstić information content (AvgIpc) is 3.30. The molecule has 1 aromatic heterocycles. The molecular weight excluding hydrogens is 469 g/mol. The van der Waals surface area contributed by atoms with Gasteiger partial charge in [-0.1, -0.05) is 35.3 Å². The van der Waals surface area contributed by atoms with Gasteiger partial charge in [-0.25, -0.2) is 13.8 Å². The first-order valence-electron chi connectivity index (χ1n) is 9.95. The maximum Gasteiger partial charge on any atom is 0.254 e. The van der Waals surface area contributed by atoms with Gasteiger partial charge in [0.05, 0.1) is 6.54 Å². The minimum Gasteiger partial charge on any atom is -0.327 e. The van der Waals surface area contributed by atoms with Gasteiger partial charge in [0.15, 0.2) is 0 Å². The van der Waals surface area contributed by atoms with E-state index in [1.807, 2.05) is 13.0 Å². The molecule has 0 radical (unpaired) electrons. The molecule has 9 heteroatoms. The van der Waals surface area contributed by atoms with E-state index in [4.69, 9.17) is 23.2 Å². The lowest BCUT2D eigenvalue weighted by atomic mass is 9.97. The summed E-state index contributed by atoms with van der Waals surface area (Å²) in [5, 5.41) is 7.52. The number of aromatic nitrogens is 3. The zero-order valence-electron chi connectivity index (χ0n) is 17.4. The van der Waals surface area contributed by atoms with Crippen molar-refractivity contribution in [1.29, 1.82) is 0 Å². The Morgan fingerprint density at radius 2 is 1.82 bits per heavy atom. The Morgan fingerprint density at radius 3 is 2.55 bits per heavy atom. The van der Waals surface area contributed by atoms with Gasteiger partial charge < -0.3 is 4.90 Å². The third-order valence-electron chi connectivity index (χ3n) is 5.17. The summed E-state index contributed by atoms with van der Waals surface area (Å²) in [6.45, 7) is 1.87. The molecule has 0 spiro atoms. The topological polar surface area (TPSA) is 61.9 Å². The van der Waals surface area contributed by atoms with Gasteiger partial charge in [-0.3, -0.25) is 9.89 Å². The first-order valence-corrected chi connectivity index (χ1v) is 10.7. The summed E-state index contributed by atoms with van der Waals surface area (Å²) < 4.78 is 27.7. The van der Waals surface area contributed by atoms with Crippen LogP contribution in [0.2, 0.25) is 10.0 Å². The fourth-order valence-corrected chi connectivity index (χ4v) is 3.87. The van der Waals surface area contributed by atoms with Crippen molar-refractivity contribution in [2.24, 2.45) is 0 Å². The predicted molar refractivity (Wildman–Crippen MR) is 123 cm³/mol. The Hall–Kier alpha value is -3.29. The number of hydrogen-bond donors (Lipinski definition) is 1. The van der Waals surface area contributed by atoms with Gasteiger partial charge in [0.25, 0.3) is 5.91 Å². The lowest BCUT2D eigenvalue weighted by molar-refractivity contribution is 0.0724. The van der Waals surface area contributed by atoms with Gasteiger partial charge in [0, 0.05) is 39.3 Å². The van der Waals surface area contributed by atoms with Crippen molar-refractivity contribution in [2.75, 3.05) is 0 Å². The quantitative estimate of drug-likeness (QED) is 0.352. The normalized spacial score (nSPS) is 10.9. The molecule has 0 saturated carbocycles. The molecule has 0 saturated heterocycles. The van der Waals surface area contributed by atoms with Gasteiger partial charge in [0.2, 0.25) is 0 Å². The predicted octanol–water partition coefficient (Wildman–Crippen LogP) is 6.21. The lowest BCUT2D eigenvalue weighted by Gasteiger charge is -2.23. The summed E-state index contributed by atoms with van der Waals surface area (Å²) in [7, 11) is 0. The second kappa shape index (κ2) is 9.68. The minimum absolute atomic E-state index is 0.0524. The van der Waals surface area contributed by atoms with Crippen LogP contribution >= 0.6 is 23.2 Å². The summed E-state index contributed by atoms with van der Waals surface area (Å²) >= 11 is 12.5. The Morgan fingerprint density at radius 1 is 1.00 bits per heavy atom. The summed E-state index contributed by atoms with van der Waals surface area (Å²) in [4.78, 5) is 19.0. The summed E-state index contributed by atoms with van der Waals surface area (Å²) in [6.07, 6.45) is 1.32. The lowest BCUT2D eigenvalue weighted by Crippen LogP contribution is -2.31. The maximum atomic E-state index is 14.3. The van der Waals surface area contributed by atoms with Gasteiger partial charge in [-0.2, -0.15) is 5.10 Å². The molecule has 0 atom stereocenters. The highest BCUT2D eigenvalue weighted by Gasteiger charge is 2.21. The third kappa shape index (κ3) is 5.21. The van der Waals surface area contributed by atoms with Crippen molar-refractivity contribution < 1.29 is 13.6 Å². The molecule has 0 fully saturated rings. The summed E-state index contributed by atoms with van der Waals surface area (Å²) in [5.41, 5.74) is 2.90. The van der Waals surface area contributed by atoms with Crippen LogP contribution in [0, 0.1) is 18.6 Å². The van der Waals surface area contributed by atoms with Crippen LogP contribution in [0.4, 0.5) is 8.78 Å². The number of nitrogens with zero attached hydrogens (tertiary/aromatic N) is 3. The molecule has 1 heterocycles. The van der Waals surface area contributed by atoms with Crippen LogP contribution in [0.1, 0.15) is 27.3 Å². The number of carbonyl (C=O) groups excluding carboxylic acids is 1. The van der Waals surface area contributed by atoms with Gasteiger partial charge in [-0.05, 0) is 54.4 Å². The first kappa shape index (κ1) is 22.9. The number of aryl methyl sites for hydroxylation is 1. The Balaban J connectivity index is 1.72. The number of aromatic amines is 1. The minimum atomic E-state index is -0.735. The van der Waals surface area contributed by atoms with E-state index < -0.39 is 11.6 Å². The molecule has 0 bridgehead atoms. The second-order valence-electron chi connectivity index (χ2n) is 7.48. The largest absolute Gasteiger partial charge is 0.327 e. The summed E-state index contributed by atoms with van der Waals surface area (Å²) in [5.74, 6) is -1.36. The monoisotopic (exact) mass is 486 g/mol. The molecular formula is C24H18Cl2F2N4O. The van der Waals surface area contributed by atoms with E-state index in [0.717, 1.165) is 23.3 Å². The fourth-order valence-electron chi connectivity index (χ4n) is 3.47. The van der Waals surface area contributed by atoms with Crippen molar-refractivity contribution in [1.82, 2.24) is 20.1 Å². The van der Waals surface area contributed by atoms with Crippen LogP contribution < -0.4 is 0 Å². The van der Waals surface area contributed by atoms with Crippen molar-refractivity contribution in [3.63, 3.8) is 0 Å². The van der Waals surface area contributed by atoms with Crippen LogP contribution in [-0.2, 0) is 13.1 Å². The van der Waals surface area contributed by atoms with Gasteiger partial charge >= 0.3 is 0 Å². The highest BCUT2D eigenvalue weighted by molar-refractivity contribution is 6.35. The van der Waals surface area contributed by atoms with Crippen LogP contribution in [0.3, 0.4) is 0 Å². The molecule has 3 aromatic carbocycles. The van der Waals surface area contributed by atoms with Crippen LogP contribution in [-0.4, -0.2) is 26.0 Å². The Labute approximate surface area is 199 Å². The number of H-pyrrole nitrogens is 1. The Kier molecular flexibility index (Phi) is 6.72. The molecule has 0 unspecified atom stereocenters. The number of halogens is 4. The molecule has 168 valence electrons. The molecule has 4 aromatic rings.